The summed E-state index contributed by atoms with van der Waals surface area (Å²) >= 11 is 0. The fraction of sp³-hybridized carbons (Fsp3) is 0.265. The van der Waals surface area contributed by atoms with Gasteiger partial charge in [0.2, 0.25) is 0 Å². The third-order valence-electron chi connectivity index (χ3n) is 7.95. The minimum atomic E-state index is -2.70. The predicted molar refractivity (Wildman–Crippen MR) is 166 cm³/mol. The van der Waals surface area contributed by atoms with Crippen LogP contribution in [0.2, 0.25) is 5.04 Å². The molecule has 1 aromatic heterocycles. The van der Waals surface area contributed by atoms with Crippen molar-refractivity contribution in [3.05, 3.63) is 141 Å². The summed E-state index contributed by atoms with van der Waals surface area (Å²) < 4.78 is 9.38. The van der Waals surface area contributed by atoms with Gasteiger partial charge in [-0.2, -0.15) is 4.57 Å². The lowest BCUT2D eigenvalue weighted by molar-refractivity contribution is 0.0947. The standard InChI is InChI=1S/C34H36N2O4Si/c1-25-23-35(33(39)36(31(25)37)32(38)27-14-8-5-9-15-27)28-21-20-26(22-28)24-40-41(34(2,3)4,29-16-10-6-11-17-29)30-18-12-7-13-19-30/h5-21,23,26,28H,22,24H2,1-4H3/t26-,28+/m1/s1. The summed E-state index contributed by atoms with van der Waals surface area (Å²) in [6, 6.07) is 29.2. The Morgan fingerprint density at radius 3 is 1.93 bits per heavy atom. The molecule has 1 aliphatic carbocycles. The lowest BCUT2D eigenvalue weighted by Gasteiger charge is -2.43. The van der Waals surface area contributed by atoms with Crippen molar-refractivity contribution in [2.45, 2.75) is 45.2 Å². The van der Waals surface area contributed by atoms with E-state index in [9.17, 15) is 14.4 Å². The largest absolute Gasteiger partial charge is 0.407 e. The summed E-state index contributed by atoms with van der Waals surface area (Å²) in [5.41, 5.74) is -0.581. The molecule has 2 atom stereocenters. The highest BCUT2D eigenvalue weighted by molar-refractivity contribution is 6.99. The molecule has 1 aliphatic rings. The molecule has 0 fully saturated rings. The summed E-state index contributed by atoms with van der Waals surface area (Å²) in [7, 11) is -2.70. The van der Waals surface area contributed by atoms with Crippen LogP contribution in [0.25, 0.3) is 0 Å². The Kier molecular flexibility index (Phi) is 7.93. The molecule has 7 heteroatoms. The van der Waals surface area contributed by atoms with E-state index in [4.69, 9.17) is 4.43 Å². The number of carbonyl (C=O) groups is 1. The van der Waals surface area contributed by atoms with Crippen LogP contribution in [0.1, 0.15) is 49.2 Å². The number of allylic oxidation sites excluding steroid dienone is 1. The summed E-state index contributed by atoms with van der Waals surface area (Å²) in [5.74, 6) is -0.550. The number of aryl methyl sites for hydroxylation is 1. The van der Waals surface area contributed by atoms with E-state index in [0.717, 1.165) is 4.57 Å². The highest BCUT2D eigenvalue weighted by Crippen LogP contribution is 2.38. The van der Waals surface area contributed by atoms with Gasteiger partial charge in [0.1, 0.15) is 0 Å². The summed E-state index contributed by atoms with van der Waals surface area (Å²) in [6.07, 6.45) is 6.29. The van der Waals surface area contributed by atoms with E-state index in [0.29, 0.717) is 24.2 Å². The number of nitrogens with zero attached hydrogens (tertiary/aromatic N) is 2. The molecular weight excluding hydrogens is 528 g/mol. The molecule has 41 heavy (non-hydrogen) atoms. The van der Waals surface area contributed by atoms with Crippen LogP contribution < -0.4 is 21.6 Å². The van der Waals surface area contributed by atoms with Crippen molar-refractivity contribution in [3.8, 4) is 0 Å². The Labute approximate surface area is 241 Å². The lowest BCUT2D eigenvalue weighted by Crippen LogP contribution is -2.66. The van der Waals surface area contributed by atoms with E-state index >= 15 is 0 Å². The zero-order chi connectivity index (χ0) is 29.2. The number of hydrogen-bond acceptors (Lipinski definition) is 4. The number of aromatic nitrogens is 2. The second kappa shape index (κ2) is 11.4. The highest BCUT2D eigenvalue weighted by atomic mass is 28.4. The maximum absolute atomic E-state index is 13.5. The summed E-state index contributed by atoms with van der Waals surface area (Å²) in [5, 5.41) is 2.30. The SMILES string of the molecule is Cc1cn([C@H]2C=C[C@@H](CO[Si](c3ccccc3)(c3ccccc3)C(C)(C)C)C2)c(=O)n(C(=O)c2ccccc2)c1=O. The molecule has 0 unspecified atom stereocenters. The summed E-state index contributed by atoms with van der Waals surface area (Å²) in [4.78, 5) is 39.6. The molecule has 0 saturated carbocycles. The van der Waals surface area contributed by atoms with Crippen molar-refractivity contribution in [3.63, 3.8) is 0 Å². The molecule has 0 radical (unpaired) electrons. The molecule has 0 saturated heterocycles. The predicted octanol–water partition coefficient (Wildman–Crippen LogP) is 4.70. The summed E-state index contributed by atoms with van der Waals surface area (Å²) in [6.45, 7) is 8.89. The molecule has 5 rings (SSSR count). The molecule has 0 spiro atoms. The van der Waals surface area contributed by atoms with Gasteiger partial charge in [-0.05, 0) is 40.9 Å². The topological polar surface area (TPSA) is 70.3 Å². The molecule has 1 heterocycles. The normalized spacial score (nSPS) is 17.1. The Balaban J connectivity index is 1.44. The average Bonchev–Trinajstić information content (AvgIpc) is 3.45. The van der Waals surface area contributed by atoms with Crippen molar-refractivity contribution in [2.75, 3.05) is 6.61 Å². The van der Waals surface area contributed by atoms with E-state index in [2.05, 4.69) is 75.4 Å². The molecule has 0 N–H and O–H groups in total. The quantitative estimate of drug-likeness (QED) is 0.241. The van der Waals surface area contributed by atoms with Gasteiger partial charge in [-0.3, -0.25) is 14.2 Å². The zero-order valence-electron chi connectivity index (χ0n) is 24.0. The first-order valence-corrected chi connectivity index (χ1v) is 15.9. The van der Waals surface area contributed by atoms with E-state index in [1.54, 1.807) is 43.5 Å². The average molecular weight is 565 g/mol. The third kappa shape index (κ3) is 5.35. The molecule has 210 valence electrons. The number of rotatable bonds is 7. The minimum Gasteiger partial charge on any atom is -0.407 e. The van der Waals surface area contributed by atoms with E-state index in [1.165, 1.54) is 14.9 Å². The molecular formula is C34H36N2O4Si. The van der Waals surface area contributed by atoms with Gasteiger partial charge in [-0.1, -0.05) is 112 Å². The Hall–Kier alpha value is -4.07. The fourth-order valence-corrected chi connectivity index (χ4v) is 10.5. The van der Waals surface area contributed by atoms with Gasteiger partial charge in [0, 0.05) is 29.8 Å². The minimum absolute atomic E-state index is 0.0686. The first kappa shape index (κ1) is 28.5. The van der Waals surface area contributed by atoms with Crippen LogP contribution >= 0.6 is 0 Å². The van der Waals surface area contributed by atoms with E-state index in [1.807, 2.05) is 18.2 Å². The third-order valence-corrected chi connectivity index (χ3v) is 13.0. The van der Waals surface area contributed by atoms with Crippen LogP contribution in [0, 0.1) is 12.8 Å². The van der Waals surface area contributed by atoms with Crippen molar-refractivity contribution in [2.24, 2.45) is 5.92 Å². The van der Waals surface area contributed by atoms with Gasteiger partial charge in [0.25, 0.3) is 19.8 Å². The van der Waals surface area contributed by atoms with Crippen LogP contribution in [0.5, 0.6) is 0 Å². The zero-order valence-corrected chi connectivity index (χ0v) is 25.0. The smallest absolute Gasteiger partial charge is 0.338 e. The maximum Gasteiger partial charge on any atom is 0.338 e. The monoisotopic (exact) mass is 564 g/mol. The molecule has 4 aromatic rings. The maximum atomic E-state index is 13.5. The van der Waals surface area contributed by atoms with Crippen LogP contribution in [-0.2, 0) is 4.43 Å². The molecule has 0 aliphatic heterocycles. The molecule has 0 bridgehead atoms. The van der Waals surface area contributed by atoms with Crippen LogP contribution in [-0.4, -0.2) is 30.0 Å². The van der Waals surface area contributed by atoms with Gasteiger partial charge < -0.3 is 4.43 Å². The molecule has 6 nitrogen and oxygen atoms in total. The van der Waals surface area contributed by atoms with Crippen LogP contribution in [0.15, 0.2) is 119 Å². The van der Waals surface area contributed by atoms with Gasteiger partial charge in [0.05, 0.1) is 6.04 Å². The van der Waals surface area contributed by atoms with Gasteiger partial charge in [0.15, 0.2) is 0 Å². The van der Waals surface area contributed by atoms with Crippen molar-refractivity contribution in [1.29, 1.82) is 0 Å². The Morgan fingerprint density at radius 1 is 0.854 bits per heavy atom. The van der Waals surface area contributed by atoms with Crippen molar-refractivity contribution in [1.82, 2.24) is 9.13 Å². The Morgan fingerprint density at radius 2 is 1.39 bits per heavy atom. The first-order valence-electron chi connectivity index (χ1n) is 14.0. The molecule has 0 amide bonds. The van der Waals surface area contributed by atoms with E-state index < -0.39 is 25.5 Å². The number of carbonyl (C=O) groups excluding carboxylic acids is 1. The van der Waals surface area contributed by atoms with Crippen LogP contribution in [0.4, 0.5) is 0 Å². The second-order valence-corrected chi connectivity index (χ2v) is 16.0. The van der Waals surface area contributed by atoms with Gasteiger partial charge >= 0.3 is 5.69 Å². The van der Waals surface area contributed by atoms with Gasteiger partial charge in [-0.25, -0.2) is 4.79 Å². The second-order valence-electron chi connectivity index (χ2n) is 11.7. The van der Waals surface area contributed by atoms with E-state index in [-0.39, 0.29) is 17.0 Å². The van der Waals surface area contributed by atoms with Crippen molar-refractivity contribution < 1.29 is 9.22 Å². The van der Waals surface area contributed by atoms with Crippen molar-refractivity contribution >= 4 is 24.6 Å². The van der Waals surface area contributed by atoms with Gasteiger partial charge in [-0.15, -0.1) is 0 Å². The fourth-order valence-electron chi connectivity index (χ4n) is 5.90. The lowest BCUT2D eigenvalue weighted by atomic mass is 10.1. The molecule has 3 aromatic carbocycles. The number of benzene rings is 3. The highest BCUT2D eigenvalue weighted by Gasteiger charge is 2.50. The number of hydrogen-bond donors (Lipinski definition) is 0. The Bertz CT molecular complexity index is 1630. The first-order chi connectivity index (χ1) is 19.6. The van der Waals surface area contributed by atoms with Crippen LogP contribution in [0.3, 0.4) is 0 Å².